The first-order chi connectivity index (χ1) is 46.7. The monoisotopic (exact) mass is 1390 g/mol. The molecular weight excluding hydrogens is 1260 g/mol. The van der Waals surface area contributed by atoms with E-state index in [1.165, 1.54) is 64.2 Å². The van der Waals surface area contributed by atoms with E-state index in [1.54, 1.807) is 0 Å². The van der Waals surface area contributed by atoms with E-state index in [9.17, 15) is 43.2 Å². The number of carbonyl (C=O) groups is 4. The van der Waals surface area contributed by atoms with Crippen molar-refractivity contribution in [1.29, 1.82) is 0 Å². The topological polar surface area (TPSA) is 237 Å². The van der Waals surface area contributed by atoms with E-state index in [-0.39, 0.29) is 25.7 Å². The summed E-state index contributed by atoms with van der Waals surface area (Å²) in [4.78, 5) is 72.7. The molecule has 0 bridgehead atoms. The molecule has 17 nitrogen and oxygen atoms in total. The van der Waals surface area contributed by atoms with E-state index in [2.05, 4.69) is 113 Å². The fraction of sp³-hybridized carbons (Fsp3) is 0.766. The Balaban J connectivity index is 5.29. The van der Waals surface area contributed by atoms with Gasteiger partial charge in [0.15, 0.2) is 12.2 Å². The molecule has 0 amide bonds. The largest absolute Gasteiger partial charge is 0.472 e. The number of aliphatic hydroxyl groups excluding tert-OH is 1. The lowest BCUT2D eigenvalue weighted by Gasteiger charge is -2.21. The Morgan fingerprint density at radius 1 is 0.292 bits per heavy atom. The molecule has 0 heterocycles. The molecule has 0 aromatic rings. The Morgan fingerprint density at radius 2 is 0.521 bits per heavy atom. The van der Waals surface area contributed by atoms with Crippen LogP contribution >= 0.6 is 15.6 Å². The van der Waals surface area contributed by atoms with Gasteiger partial charge in [-0.2, -0.15) is 0 Å². The molecule has 0 aromatic heterocycles. The number of hydrogen-bond donors (Lipinski definition) is 3. The number of phosphoric acid groups is 2. The quantitative estimate of drug-likeness (QED) is 0.0169. The highest BCUT2D eigenvalue weighted by atomic mass is 31.2. The first-order valence-electron chi connectivity index (χ1n) is 37.8. The maximum Gasteiger partial charge on any atom is 0.472 e. The molecule has 0 saturated heterocycles. The molecule has 0 aliphatic carbocycles. The van der Waals surface area contributed by atoms with Crippen LogP contribution in [-0.4, -0.2) is 96.7 Å². The summed E-state index contributed by atoms with van der Waals surface area (Å²) in [7, 11) is -9.95. The maximum atomic E-state index is 13.0. The fourth-order valence-electron chi connectivity index (χ4n) is 9.92. The van der Waals surface area contributed by atoms with Crippen LogP contribution in [-0.2, 0) is 65.4 Å². The van der Waals surface area contributed by atoms with Crippen LogP contribution in [0.5, 0.6) is 0 Å². The summed E-state index contributed by atoms with van der Waals surface area (Å²) < 4.78 is 68.3. The van der Waals surface area contributed by atoms with Crippen LogP contribution in [0.3, 0.4) is 0 Å². The van der Waals surface area contributed by atoms with Crippen LogP contribution in [0.15, 0.2) is 85.1 Å². The van der Waals surface area contributed by atoms with Crippen LogP contribution in [0.1, 0.15) is 323 Å². The Labute approximate surface area is 583 Å². The molecule has 5 unspecified atom stereocenters. The number of allylic oxidation sites excluding steroid dienone is 14. The van der Waals surface area contributed by atoms with Gasteiger partial charge < -0.3 is 33.8 Å². The molecule has 0 aliphatic heterocycles. The van der Waals surface area contributed by atoms with Crippen molar-refractivity contribution in [2.75, 3.05) is 39.6 Å². The Morgan fingerprint density at radius 3 is 0.823 bits per heavy atom. The molecule has 0 saturated carbocycles. The molecule has 0 aliphatic rings. The van der Waals surface area contributed by atoms with Crippen LogP contribution < -0.4 is 0 Å². The molecule has 96 heavy (non-hydrogen) atoms. The van der Waals surface area contributed by atoms with E-state index in [4.69, 9.17) is 37.0 Å². The summed E-state index contributed by atoms with van der Waals surface area (Å²) in [6.07, 6.45) is 70.1. The third kappa shape index (κ3) is 68.8. The summed E-state index contributed by atoms with van der Waals surface area (Å²) in [5.41, 5.74) is 0. The molecule has 0 rings (SSSR count). The second-order valence-corrected chi connectivity index (χ2v) is 28.1. The first-order valence-corrected chi connectivity index (χ1v) is 40.8. The molecule has 3 N–H and O–H groups in total. The van der Waals surface area contributed by atoms with Crippen LogP contribution in [0.2, 0.25) is 0 Å². The average Bonchev–Trinajstić information content (AvgIpc) is 1.16. The minimum Gasteiger partial charge on any atom is -0.462 e. The fourth-order valence-corrected chi connectivity index (χ4v) is 11.5. The zero-order chi connectivity index (χ0) is 70.4. The van der Waals surface area contributed by atoms with Gasteiger partial charge in [-0.25, -0.2) is 9.13 Å². The summed E-state index contributed by atoms with van der Waals surface area (Å²) in [6.45, 7) is 4.71. The van der Waals surface area contributed by atoms with Gasteiger partial charge in [-0.05, 0) is 135 Å². The van der Waals surface area contributed by atoms with Crippen LogP contribution in [0.4, 0.5) is 0 Å². The number of ether oxygens (including phenoxy) is 4. The van der Waals surface area contributed by atoms with E-state index in [0.717, 1.165) is 180 Å². The smallest absolute Gasteiger partial charge is 0.462 e. The molecule has 0 radical (unpaired) electrons. The normalized spacial score (nSPS) is 14.4. The van der Waals surface area contributed by atoms with Crippen LogP contribution in [0.25, 0.3) is 0 Å². The summed E-state index contributed by atoms with van der Waals surface area (Å²) in [6, 6.07) is 0. The SMILES string of the molecule is CCCC/C=C\CCCCCCCC(=O)OC(COC(=O)CCCCCCC/C=C\C/C=C\CCCCC)COP(=O)(O)OCC(O)COP(=O)(O)OCC(COC(=O)CCCCCCCC/C=C\C/C=C\C/C=C\CCCCC)OC(=O)CCCCCCC/C=C\CCCC. The van der Waals surface area contributed by atoms with Gasteiger partial charge in [0.25, 0.3) is 0 Å². The molecule has 5 atom stereocenters. The highest BCUT2D eigenvalue weighted by molar-refractivity contribution is 7.47. The van der Waals surface area contributed by atoms with Crippen molar-refractivity contribution < 1.29 is 80.2 Å². The molecule has 0 fully saturated rings. The van der Waals surface area contributed by atoms with Gasteiger partial charge in [-0.3, -0.25) is 37.3 Å². The maximum absolute atomic E-state index is 13.0. The average molecular weight is 1400 g/mol. The summed E-state index contributed by atoms with van der Waals surface area (Å²) in [5.74, 6) is -2.21. The highest BCUT2D eigenvalue weighted by Crippen LogP contribution is 2.45. The Bertz CT molecular complexity index is 2160. The number of hydrogen-bond acceptors (Lipinski definition) is 15. The van der Waals surface area contributed by atoms with E-state index >= 15 is 0 Å². The zero-order valence-electron chi connectivity index (χ0n) is 60.5. The lowest BCUT2D eigenvalue weighted by Crippen LogP contribution is -2.30. The molecule has 19 heteroatoms. The molecule has 0 aromatic carbocycles. The standard InChI is InChI=1S/C77H136O17P2/c1-5-9-13-17-21-25-29-31-33-34-35-36-38-40-44-46-50-54-58-62-75(80)88-68-73(94-77(82)64-60-56-52-48-42-28-24-20-16-12-8-4)70-92-96(85,86)90-66-71(78)65-89-95(83,84)91-69-72(93-76(81)63-59-55-51-47-41-27-23-19-15-11-7-3)67-87-74(79)61-57-53-49-45-43-39-37-32-30-26-22-18-14-10-6-2/h19-26,31-33,35-37,71-73,78H,5-18,27-30,34,38-70H2,1-4H3,(H,83,84)(H,85,86)/b23-19-,24-20-,25-21-,26-22-,33-31-,36-35-,37-32-. The van der Waals surface area contributed by atoms with Gasteiger partial charge in [0.1, 0.15) is 19.3 Å². The summed E-state index contributed by atoms with van der Waals surface area (Å²) in [5, 5.41) is 10.6. The van der Waals surface area contributed by atoms with Gasteiger partial charge in [0, 0.05) is 25.7 Å². The van der Waals surface area contributed by atoms with E-state index in [0.29, 0.717) is 25.7 Å². The number of aliphatic hydroxyl groups is 1. The van der Waals surface area contributed by atoms with Crippen molar-refractivity contribution in [3.8, 4) is 0 Å². The van der Waals surface area contributed by atoms with Crippen molar-refractivity contribution in [1.82, 2.24) is 0 Å². The van der Waals surface area contributed by atoms with Crippen molar-refractivity contribution >= 4 is 39.5 Å². The van der Waals surface area contributed by atoms with E-state index in [1.807, 2.05) is 0 Å². The highest BCUT2D eigenvalue weighted by Gasteiger charge is 2.30. The second-order valence-electron chi connectivity index (χ2n) is 25.2. The molecule has 556 valence electrons. The van der Waals surface area contributed by atoms with E-state index < -0.39 is 97.5 Å². The minimum atomic E-state index is -4.97. The zero-order valence-corrected chi connectivity index (χ0v) is 62.3. The minimum absolute atomic E-state index is 0.0821. The summed E-state index contributed by atoms with van der Waals surface area (Å²) >= 11 is 0. The number of esters is 4. The first kappa shape index (κ1) is 92.2. The third-order valence-electron chi connectivity index (χ3n) is 15.8. The number of rotatable bonds is 71. The second kappa shape index (κ2) is 69.7. The third-order valence-corrected chi connectivity index (χ3v) is 17.7. The van der Waals surface area contributed by atoms with Crippen LogP contribution in [0, 0.1) is 0 Å². The van der Waals surface area contributed by atoms with Gasteiger partial charge in [-0.1, -0.05) is 248 Å². The van der Waals surface area contributed by atoms with Crippen molar-refractivity contribution in [3.05, 3.63) is 85.1 Å². The van der Waals surface area contributed by atoms with Gasteiger partial charge in [0.2, 0.25) is 0 Å². The van der Waals surface area contributed by atoms with Gasteiger partial charge >= 0.3 is 39.5 Å². The number of carbonyl (C=O) groups excluding carboxylic acids is 4. The van der Waals surface area contributed by atoms with Crippen molar-refractivity contribution in [3.63, 3.8) is 0 Å². The Hall–Kier alpha value is -3.76. The lowest BCUT2D eigenvalue weighted by atomic mass is 10.1. The number of unbranched alkanes of at least 4 members (excludes halogenated alkanes) is 31. The lowest BCUT2D eigenvalue weighted by molar-refractivity contribution is -0.161. The van der Waals surface area contributed by atoms with Gasteiger partial charge in [-0.15, -0.1) is 0 Å². The molecular formula is C77H136O17P2. The van der Waals surface area contributed by atoms with Crippen molar-refractivity contribution in [2.24, 2.45) is 0 Å². The number of phosphoric ester groups is 2. The predicted octanol–water partition coefficient (Wildman–Crippen LogP) is 21.4. The van der Waals surface area contributed by atoms with Crippen molar-refractivity contribution in [2.45, 2.75) is 341 Å². The molecule has 0 spiro atoms. The Kier molecular flexibility index (Phi) is 67.0. The van der Waals surface area contributed by atoms with Gasteiger partial charge in [0.05, 0.1) is 26.4 Å². The predicted molar refractivity (Wildman–Crippen MR) is 390 cm³/mol.